The van der Waals surface area contributed by atoms with Crippen molar-refractivity contribution in [2.24, 2.45) is 0 Å². The minimum atomic E-state index is -3.74. The van der Waals surface area contributed by atoms with E-state index in [-0.39, 0.29) is 16.2 Å². The van der Waals surface area contributed by atoms with Crippen LogP contribution >= 0.6 is 15.9 Å². The van der Waals surface area contributed by atoms with Crippen molar-refractivity contribution in [1.82, 2.24) is 0 Å². The molecule has 0 bridgehead atoms. The average Bonchev–Trinajstić information content (AvgIpc) is 2.41. The number of sulfone groups is 1. The fourth-order valence-corrected chi connectivity index (χ4v) is 4.18. The van der Waals surface area contributed by atoms with Crippen LogP contribution in [0.4, 0.5) is 0 Å². The molecule has 0 aromatic heterocycles. The Morgan fingerprint density at radius 2 is 1.86 bits per heavy atom. The molecule has 2 aromatic carbocycles. The number of carboxylic acids is 1. The molecule has 0 saturated carbocycles. The summed E-state index contributed by atoms with van der Waals surface area (Å²) in [6, 6.07) is 11.3. The van der Waals surface area contributed by atoms with Crippen molar-refractivity contribution >= 4 is 31.7 Å². The maximum absolute atomic E-state index is 12.5. The number of aryl methyl sites for hydroxylation is 1. The lowest BCUT2D eigenvalue weighted by atomic mass is 10.1. The highest BCUT2D eigenvalue weighted by atomic mass is 79.9. The number of aromatic carboxylic acids is 1. The number of hydrogen-bond acceptors (Lipinski definition) is 3. The second kappa shape index (κ2) is 5.99. The minimum absolute atomic E-state index is 0.173. The van der Waals surface area contributed by atoms with E-state index in [0.717, 1.165) is 5.56 Å². The highest BCUT2D eigenvalue weighted by Crippen LogP contribution is 2.25. The van der Waals surface area contributed by atoms with Gasteiger partial charge in [-0.3, -0.25) is 0 Å². The van der Waals surface area contributed by atoms with Crippen molar-refractivity contribution in [3.8, 4) is 0 Å². The molecule has 0 fully saturated rings. The topological polar surface area (TPSA) is 71.4 Å². The summed E-state index contributed by atoms with van der Waals surface area (Å²) >= 11 is 3.18. The van der Waals surface area contributed by atoms with E-state index in [9.17, 15) is 13.2 Å². The minimum Gasteiger partial charge on any atom is -0.478 e. The summed E-state index contributed by atoms with van der Waals surface area (Å²) in [4.78, 5) is 11.0. The van der Waals surface area contributed by atoms with Crippen molar-refractivity contribution in [3.05, 3.63) is 63.6 Å². The number of hydrogen-bond donors (Lipinski definition) is 1. The summed E-state index contributed by atoms with van der Waals surface area (Å²) in [7, 11) is -3.74. The highest BCUT2D eigenvalue weighted by molar-refractivity contribution is 9.10. The molecule has 0 aliphatic heterocycles. The van der Waals surface area contributed by atoms with Gasteiger partial charge >= 0.3 is 5.97 Å². The molecule has 0 amide bonds. The van der Waals surface area contributed by atoms with E-state index in [4.69, 9.17) is 5.11 Å². The van der Waals surface area contributed by atoms with Crippen LogP contribution in [0.1, 0.15) is 21.5 Å². The third-order valence-corrected chi connectivity index (χ3v) is 5.31. The maximum atomic E-state index is 12.5. The molecule has 110 valence electrons. The molecule has 2 rings (SSSR count). The van der Waals surface area contributed by atoms with Gasteiger partial charge in [0.1, 0.15) is 0 Å². The molecule has 0 saturated heterocycles. The molecular formula is C15H13BrO4S. The van der Waals surface area contributed by atoms with E-state index >= 15 is 0 Å². The number of rotatable bonds is 4. The molecule has 0 radical (unpaired) electrons. The van der Waals surface area contributed by atoms with Gasteiger partial charge in [0, 0.05) is 4.47 Å². The smallest absolute Gasteiger partial charge is 0.337 e. The Hall–Kier alpha value is -1.66. The van der Waals surface area contributed by atoms with Crippen molar-refractivity contribution in [2.75, 3.05) is 0 Å². The van der Waals surface area contributed by atoms with Crippen LogP contribution in [-0.2, 0) is 15.6 Å². The van der Waals surface area contributed by atoms with Crippen molar-refractivity contribution in [3.63, 3.8) is 0 Å². The van der Waals surface area contributed by atoms with Gasteiger partial charge in [0.25, 0.3) is 0 Å². The van der Waals surface area contributed by atoms with Crippen LogP contribution in [0, 0.1) is 6.92 Å². The number of halogens is 1. The van der Waals surface area contributed by atoms with Gasteiger partial charge in [-0.15, -0.1) is 0 Å². The number of carboxylic acid groups (broad SMARTS) is 1. The number of carbonyl (C=O) groups is 1. The summed E-state index contributed by atoms with van der Waals surface area (Å²) in [6.07, 6.45) is 0. The van der Waals surface area contributed by atoms with E-state index in [2.05, 4.69) is 15.9 Å². The Bertz CT molecular complexity index is 797. The fraction of sp³-hybridized carbons (Fsp3) is 0.133. The first-order valence-electron chi connectivity index (χ1n) is 6.11. The average molecular weight is 369 g/mol. The molecule has 0 unspecified atom stereocenters. The summed E-state index contributed by atoms with van der Waals surface area (Å²) < 4.78 is 25.6. The van der Waals surface area contributed by atoms with Gasteiger partial charge in [0.15, 0.2) is 9.84 Å². The van der Waals surface area contributed by atoms with Crippen LogP contribution in [0.3, 0.4) is 0 Å². The largest absolute Gasteiger partial charge is 0.478 e. The summed E-state index contributed by atoms with van der Waals surface area (Å²) in [5.74, 6) is -1.48. The zero-order chi connectivity index (χ0) is 15.6. The van der Waals surface area contributed by atoms with E-state index in [1.54, 1.807) is 12.1 Å². The molecule has 0 spiro atoms. The van der Waals surface area contributed by atoms with E-state index in [0.29, 0.717) is 10.0 Å². The fourth-order valence-electron chi connectivity index (χ4n) is 1.98. The van der Waals surface area contributed by atoms with Crippen LogP contribution in [-0.4, -0.2) is 19.5 Å². The van der Waals surface area contributed by atoms with Crippen LogP contribution in [0.25, 0.3) is 0 Å². The predicted octanol–water partition coefficient (Wildman–Crippen LogP) is 3.43. The first-order valence-corrected chi connectivity index (χ1v) is 8.56. The van der Waals surface area contributed by atoms with Crippen LogP contribution < -0.4 is 0 Å². The summed E-state index contributed by atoms with van der Waals surface area (Å²) in [6.45, 7) is 1.82. The van der Waals surface area contributed by atoms with E-state index in [1.807, 2.05) is 19.1 Å². The zero-order valence-electron chi connectivity index (χ0n) is 11.2. The monoisotopic (exact) mass is 368 g/mol. The SMILES string of the molecule is Cc1ccccc1CS(=O)(=O)c1cc(Br)ccc1C(=O)O. The van der Waals surface area contributed by atoms with Gasteiger partial charge in [-0.05, 0) is 36.2 Å². The number of benzene rings is 2. The quantitative estimate of drug-likeness (QED) is 0.896. The van der Waals surface area contributed by atoms with Crippen molar-refractivity contribution < 1.29 is 18.3 Å². The lowest BCUT2D eigenvalue weighted by Crippen LogP contribution is -2.12. The van der Waals surface area contributed by atoms with Crippen LogP contribution in [0.15, 0.2) is 51.8 Å². The van der Waals surface area contributed by atoms with Gasteiger partial charge in [-0.1, -0.05) is 40.2 Å². The third-order valence-electron chi connectivity index (χ3n) is 3.12. The molecule has 4 nitrogen and oxygen atoms in total. The molecule has 0 aliphatic rings. The maximum Gasteiger partial charge on any atom is 0.337 e. The molecular weight excluding hydrogens is 356 g/mol. The second-order valence-corrected chi connectivity index (χ2v) is 7.50. The summed E-state index contributed by atoms with van der Waals surface area (Å²) in [5, 5.41) is 9.16. The normalized spacial score (nSPS) is 11.3. The molecule has 2 aromatic rings. The molecule has 0 atom stereocenters. The Kier molecular flexibility index (Phi) is 4.49. The van der Waals surface area contributed by atoms with Gasteiger partial charge in [-0.25, -0.2) is 13.2 Å². The second-order valence-electron chi connectivity index (χ2n) is 4.63. The third kappa shape index (κ3) is 3.51. The van der Waals surface area contributed by atoms with Gasteiger partial charge < -0.3 is 5.11 Å². The van der Waals surface area contributed by atoms with Crippen LogP contribution in [0.2, 0.25) is 0 Å². The van der Waals surface area contributed by atoms with Gasteiger partial charge in [0.2, 0.25) is 0 Å². The zero-order valence-corrected chi connectivity index (χ0v) is 13.6. The van der Waals surface area contributed by atoms with E-state index in [1.165, 1.54) is 18.2 Å². The standard InChI is InChI=1S/C15H13BrO4S/c1-10-4-2-3-5-11(10)9-21(19,20)14-8-12(16)6-7-13(14)15(17)18/h2-8H,9H2,1H3,(H,17,18). The predicted molar refractivity (Wildman–Crippen MR) is 83.2 cm³/mol. The highest BCUT2D eigenvalue weighted by Gasteiger charge is 2.23. The van der Waals surface area contributed by atoms with Crippen molar-refractivity contribution in [1.29, 1.82) is 0 Å². The summed E-state index contributed by atoms with van der Waals surface area (Å²) in [5.41, 5.74) is 1.30. The first kappa shape index (κ1) is 15.7. The van der Waals surface area contributed by atoms with Gasteiger partial charge in [-0.2, -0.15) is 0 Å². The molecule has 21 heavy (non-hydrogen) atoms. The Labute approximate surface area is 131 Å². The molecule has 1 N–H and O–H groups in total. The van der Waals surface area contributed by atoms with Crippen LogP contribution in [0.5, 0.6) is 0 Å². The first-order chi connectivity index (χ1) is 9.81. The lowest BCUT2D eigenvalue weighted by molar-refractivity contribution is 0.0692. The van der Waals surface area contributed by atoms with Crippen molar-refractivity contribution in [2.45, 2.75) is 17.6 Å². The molecule has 0 heterocycles. The van der Waals surface area contributed by atoms with Gasteiger partial charge in [0.05, 0.1) is 16.2 Å². The molecule has 0 aliphatic carbocycles. The lowest BCUT2D eigenvalue weighted by Gasteiger charge is -2.10. The Balaban J connectivity index is 2.52. The molecule has 6 heteroatoms. The Morgan fingerprint density at radius 1 is 1.19 bits per heavy atom. The van der Waals surface area contributed by atoms with E-state index < -0.39 is 15.8 Å². The Morgan fingerprint density at radius 3 is 2.48 bits per heavy atom.